The number of hydrogen-bond acceptors (Lipinski definition) is 2. The number of rotatable bonds is 4. The second-order valence-electron chi connectivity index (χ2n) is 4.71. The van der Waals surface area contributed by atoms with Gasteiger partial charge < -0.3 is 9.84 Å². The molecular formula is C13H19BrO2. The van der Waals surface area contributed by atoms with Crippen LogP contribution in [0.5, 0.6) is 5.75 Å². The van der Waals surface area contributed by atoms with Crippen LogP contribution in [0.3, 0.4) is 0 Å². The highest BCUT2D eigenvalue weighted by atomic mass is 79.9. The molecule has 16 heavy (non-hydrogen) atoms. The van der Waals surface area contributed by atoms with Gasteiger partial charge in [0, 0.05) is 4.47 Å². The number of hydrogen-bond donors (Lipinski definition) is 1. The van der Waals surface area contributed by atoms with E-state index >= 15 is 0 Å². The molecule has 2 nitrogen and oxygen atoms in total. The quantitative estimate of drug-likeness (QED) is 0.917. The Bertz CT molecular complexity index is 359. The van der Waals surface area contributed by atoms with E-state index in [9.17, 15) is 5.11 Å². The number of aryl methyl sites for hydroxylation is 1. The van der Waals surface area contributed by atoms with Gasteiger partial charge in [0.1, 0.15) is 12.4 Å². The molecule has 0 aliphatic carbocycles. The minimum atomic E-state index is -0.792. The molecule has 0 aliphatic heterocycles. The third kappa shape index (κ3) is 3.49. The van der Waals surface area contributed by atoms with Gasteiger partial charge in [-0.2, -0.15) is 0 Å². The maximum atomic E-state index is 10.1. The second-order valence-corrected chi connectivity index (χ2v) is 5.63. The van der Waals surface area contributed by atoms with Crippen molar-refractivity contribution in [3.05, 3.63) is 28.2 Å². The maximum absolute atomic E-state index is 10.1. The zero-order chi connectivity index (χ0) is 12.3. The van der Waals surface area contributed by atoms with Gasteiger partial charge in [0.25, 0.3) is 0 Å². The molecule has 0 saturated carbocycles. The van der Waals surface area contributed by atoms with Crippen molar-refractivity contribution in [1.82, 2.24) is 0 Å². The van der Waals surface area contributed by atoms with E-state index in [1.165, 1.54) is 0 Å². The van der Waals surface area contributed by atoms with Crippen molar-refractivity contribution in [2.45, 2.75) is 33.3 Å². The van der Waals surface area contributed by atoms with Crippen LogP contribution >= 0.6 is 15.9 Å². The summed E-state index contributed by atoms with van der Waals surface area (Å²) in [5, 5.41) is 10.1. The van der Waals surface area contributed by atoms with E-state index in [2.05, 4.69) is 15.9 Å². The summed E-state index contributed by atoms with van der Waals surface area (Å²) in [5.74, 6) is 0.993. The maximum Gasteiger partial charge on any atom is 0.122 e. The lowest BCUT2D eigenvalue weighted by Gasteiger charge is -2.27. The van der Waals surface area contributed by atoms with Crippen molar-refractivity contribution in [3.63, 3.8) is 0 Å². The van der Waals surface area contributed by atoms with Crippen molar-refractivity contribution in [3.8, 4) is 5.75 Å². The Morgan fingerprint density at radius 2 is 2.06 bits per heavy atom. The zero-order valence-corrected chi connectivity index (χ0v) is 11.8. The lowest BCUT2D eigenvalue weighted by atomic mass is 9.94. The van der Waals surface area contributed by atoms with Gasteiger partial charge >= 0.3 is 0 Å². The first-order valence-electron chi connectivity index (χ1n) is 5.44. The van der Waals surface area contributed by atoms with Crippen LogP contribution < -0.4 is 4.74 Å². The van der Waals surface area contributed by atoms with Gasteiger partial charge in [-0.3, -0.25) is 0 Å². The highest BCUT2D eigenvalue weighted by molar-refractivity contribution is 9.10. The average molecular weight is 287 g/mol. The monoisotopic (exact) mass is 286 g/mol. The van der Waals surface area contributed by atoms with E-state index < -0.39 is 5.60 Å². The SMILES string of the molecule is Cc1cc(Br)ccc1OCC(C)(O)C(C)C. The van der Waals surface area contributed by atoms with E-state index in [0.717, 1.165) is 15.8 Å². The Balaban J connectivity index is 2.68. The topological polar surface area (TPSA) is 29.5 Å². The average Bonchev–Trinajstić information content (AvgIpc) is 2.16. The first-order valence-corrected chi connectivity index (χ1v) is 6.23. The van der Waals surface area contributed by atoms with Gasteiger partial charge in [0.2, 0.25) is 0 Å². The summed E-state index contributed by atoms with van der Waals surface area (Å²) in [4.78, 5) is 0. The molecule has 0 saturated heterocycles. The fourth-order valence-electron chi connectivity index (χ4n) is 1.17. The molecule has 1 N–H and O–H groups in total. The molecule has 0 amide bonds. The van der Waals surface area contributed by atoms with Crippen molar-refractivity contribution in [1.29, 1.82) is 0 Å². The summed E-state index contributed by atoms with van der Waals surface area (Å²) in [6, 6.07) is 5.85. The molecule has 0 fully saturated rings. The third-order valence-electron chi connectivity index (χ3n) is 2.90. The van der Waals surface area contributed by atoms with Gasteiger partial charge in [0.05, 0.1) is 5.60 Å². The molecule has 0 aromatic heterocycles. The molecule has 3 heteroatoms. The Labute approximate surface area is 106 Å². The molecule has 0 spiro atoms. The Hall–Kier alpha value is -0.540. The van der Waals surface area contributed by atoms with E-state index in [-0.39, 0.29) is 5.92 Å². The molecule has 90 valence electrons. The van der Waals surface area contributed by atoms with E-state index in [0.29, 0.717) is 6.61 Å². The summed E-state index contributed by atoms with van der Waals surface area (Å²) in [7, 11) is 0. The van der Waals surface area contributed by atoms with Crippen molar-refractivity contribution in [2.24, 2.45) is 5.92 Å². The molecule has 1 aromatic carbocycles. The lowest BCUT2D eigenvalue weighted by Crippen LogP contribution is -2.37. The summed E-state index contributed by atoms with van der Waals surface area (Å²) in [6.45, 7) is 8.07. The Morgan fingerprint density at radius 1 is 1.44 bits per heavy atom. The van der Waals surface area contributed by atoms with Crippen molar-refractivity contribution < 1.29 is 9.84 Å². The van der Waals surface area contributed by atoms with Gasteiger partial charge in [-0.25, -0.2) is 0 Å². The molecule has 1 unspecified atom stereocenters. The van der Waals surface area contributed by atoms with Crippen molar-refractivity contribution in [2.75, 3.05) is 6.61 Å². The fourth-order valence-corrected chi connectivity index (χ4v) is 1.64. The predicted octanol–water partition coefficient (Wildman–Crippen LogP) is 3.54. The summed E-state index contributed by atoms with van der Waals surface area (Å²) in [6.07, 6.45) is 0. The van der Waals surface area contributed by atoms with Crippen LogP contribution in [0.2, 0.25) is 0 Å². The minimum Gasteiger partial charge on any atom is -0.490 e. The predicted molar refractivity (Wildman–Crippen MR) is 69.8 cm³/mol. The van der Waals surface area contributed by atoms with Crippen LogP contribution in [0.15, 0.2) is 22.7 Å². The van der Waals surface area contributed by atoms with Gasteiger partial charge in [0.15, 0.2) is 0 Å². The first kappa shape index (κ1) is 13.5. The summed E-state index contributed by atoms with van der Waals surface area (Å²) < 4.78 is 6.68. The smallest absolute Gasteiger partial charge is 0.122 e. The van der Waals surface area contributed by atoms with Crippen LogP contribution in [-0.2, 0) is 0 Å². The van der Waals surface area contributed by atoms with E-state index in [1.807, 2.05) is 39.0 Å². The van der Waals surface area contributed by atoms with Crippen LogP contribution in [0.4, 0.5) is 0 Å². The third-order valence-corrected chi connectivity index (χ3v) is 3.39. The van der Waals surface area contributed by atoms with Gasteiger partial charge in [-0.05, 0) is 43.5 Å². The van der Waals surface area contributed by atoms with Gasteiger partial charge in [-0.1, -0.05) is 29.8 Å². The minimum absolute atomic E-state index is 0.170. The largest absolute Gasteiger partial charge is 0.490 e. The highest BCUT2D eigenvalue weighted by Gasteiger charge is 2.25. The van der Waals surface area contributed by atoms with Gasteiger partial charge in [-0.15, -0.1) is 0 Å². The normalized spacial score (nSPS) is 14.9. The van der Waals surface area contributed by atoms with Crippen LogP contribution in [-0.4, -0.2) is 17.3 Å². The highest BCUT2D eigenvalue weighted by Crippen LogP contribution is 2.24. The van der Waals surface area contributed by atoms with E-state index in [4.69, 9.17) is 4.74 Å². The molecule has 1 atom stereocenters. The Morgan fingerprint density at radius 3 is 2.56 bits per heavy atom. The molecule has 0 bridgehead atoms. The zero-order valence-electron chi connectivity index (χ0n) is 10.2. The summed E-state index contributed by atoms with van der Waals surface area (Å²) >= 11 is 3.41. The molecule has 1 rings (SSSR count). The van der Waals surface area contributed by atoms with Crippen LogP contribution in [0.1, 0.15) is 26.3 Å². The van der Waals surface area contributed by atoms with E-state index in [1.54, 1.807) is 6.92 Å². The van der Waals surface area contributed by atoms with Crippen molar-refractivity contribution >= 4 is 15.9 Å². The second kappa shape index (κ2) is 5.19. The molecule has 1 aromatic rings. The number of halogens is 1. The van der Waals surface area contributed by atoms with Crippen LogP contribution in [0.25, 0.3) is 0 Å². The number of aliphatic hydroxyl groups is 1. The van der Waals surface area contributed by atoms with Crippen LogP contribution in [0, 0.1) is 12.8 Å². The summed E-state index contributed by atoms with van der Waals surface area (Å²) in [5.41, 5.74) is 0.272. The molecule has 0 heterocycles. The lowest BCUT2D eigenvalue weighted by molar-refractivity contribution is -0.0268. The molecule has 0 aliphatic rings. The number of benzene rings is 1. The number of ether oxygens (including phenoxy) is 1. The molecular weight excluding hydrogens is 268 g/mol. The fraction of sp³-hybridized carbons (Fsp3) is 0.538. The molecule has 0 radical (unpaired) electrons. The standard InChI is InChI=1S/C13H19BrO2/c1-9(2)13(4,15)8-16-12-6-5-11(14)7-10(12)3/h5-7,9,15H,8H2,1-4H3. The first-order chi connectivity index (χ1) is 7.33. The Kier molecular flexibility index (Phi) is 4.39.